The van der Waals surface area contributed by atoms with Crippen LogP contribution in [0, 0.1) is 5.92 Å². The molecule has 120 valence electrons. The number of aryl methyl sites for hydroxylation is 1. The number of hydrogen-bond donors (Lipinski definition) is 3. The zero-order valence-corrected chi connectivity index (χ0v) is 13.5. The summed E-state index contributed by atoms with van der Waals surface area (Å²) in [4.78, 5) is 23.8. The van der Waals surface area contributed by atoms with Crippen molar-refractivity contribution in [3.05, 3.63) is 35.4 Å². The van der Waals surface area contributed by atoms with Gasteiger partial charge in [-0.05, 0) is 30.4 Å². The van der Waals surface area contributed by atoms with Crippen LogP contribution in [0.1, 0.15) is 36.8 Å². The number of carboxylic acid groups (broad SMARTS) is 1. The molecule has 5 heteroatoms. The number of carbonyl (C=O) groups excluding carboxylic acids is 1. The Bertz CT molecular complexity index is 532. The van der Waals surface area contributed by atoms with Gasteiger partial charge in [-0.15, -0.1) is 0 Å². The summed E-state index contributed by atoms with van der Waals surface area (Å²) in [5.41, 5.74) is 2.20. The highest BCUT2D eigenvalue weighted by Crippen LogP contribution is 2.19. The third kappa shape index (κ3) is 4.50. The lowest BCUT2D eigenvalue weighted by Crippen LogP contribution is -2.45. The van der Waals surface area contributed by atoms with E-state index in [9.17, 15) is 14.7 Å². The van der Waals surface area contributed by atoms with E-state index >= 15 is 0 Å². The molecule has 2 N–H and O–H groups in total. The molecule has 0 aromatic heterocycles. The van der Waals surface area contributed by atoms with Gasteiger partial charge < -0.3 is 10.4 Å². The van der Waals surface area contributed by atoms with Gasteiger partial charge in [0.05, 0.1) is 0 Å². The van der Waals surface area contributed by atoms with Gasteiger partial charge in [0.2, 0.25) is 5.91 Å². The van der Waals surface area contributed by atoms with E-state index in [4.69, 9.17) is 0 Å². The van der Waals surface area contributed by atoms with Crippen molar-refractivity contribution in [2.75, 3.05) is 5.75 Å². The Morgan fingerprint density at radius 3 is 2.64 bits per heavy atom. The number of fused-ring (bicyclic) bond motifs is 1. The van der Waals surface area contributed by atoms with Gasteiger partial charge in [0.15, 0.2) is 0 Å². The van der Waals surface area contributed by atoms with Gasteiger partial charge in [-0.25, -0.2) is 4.79 Å². The summed E-state index contributed by atoms with van der Waals surface area (Å²) >= 11 is 4.23. The lowest BCUT2D eigenvalue weighted by atomic mass is 9.93. The summed E-state index contributed by atoms with van der Waals surface area (Å²) in [7, 11) is 0. The van der Waals surface area contributed by atoms with Crippen molar-refractivity contribution in [3.63, 3.8) is 0 Å². The van der Waals surface area contributed by atoms with Gasteiger partial charge in [0, 0.05) is 18.1 Å². The molecule has 0 aliphatic carbocycles. The Hall–Kier alpha value is -1.49. The number of carbonyl (C=O) groups is 2. The molecule has 2 rings (SSSR count). The van der Waals surface area contributed by atoms with Crippen LogP contribution >= 0.6 is 12.6 Å². The third-order valence-corrected chi connectivity index (χ3v) is 4.69. The van der Waals surface area contributed by atoms with Crippen LogP contribution in [-0.4, -0.2) is 28.8 Å². The lowest BCUT2D eigenvalue weighted by molar-refractivity contribution is -0.142. The zero-order valence-electron chi connectivity index (χ0n) is 12.6. The topological polar surface area (TPSA) is 66.4 Å². The van der Waals surface area contributed by atoms with Crippen molar-refractivity contribution in [2.24, 2.45) is 5.92 Å². The average Bonchev–Trinajstić information content (AvgIpc) is 2.50. The maximum Gasteiger partial charge on any atom is 0.326 e. The van der Waals surface area contributed by atoms with Crippen molar-refractivity contribution < 1.29 is 14.7 Å². The van der Waals surface area contributed by atoms with Crippen LogP contribution < -0.4 is 5.32 Å². The fraction of sp³-hybridized carbons (Fsp3) is 0.529. The van der Waals surface area contributed by atoms with Gasteiger partial charge in [-0.1, -0.05) is 37.1 Å². The minimum Gasteiger partial charge on any atom is -0.480 e. The Labute approximate surface area is 136 Å². The summed E-state index contributed by atoms with van der Waals surface area (Å²) in [5.74, 6) is -0.937. The minimum absolute atomic E-state index is 0.194. The van der Waals surface area contributed by atoms with E-state index < -0.39 is 12.0 Å². The van der Waals surface area contributed by atoms with Crippen molar-refractivity contribution in [1.82, 2.24) is 5.32 Å². The molecule has 22 heavy (non-hydrogen) atoms. The van der Waals surface area contributed by atoms with Crippen molar-refractivity contribution in [1.29, 1.82) is 0 Å². The largest absolute Gasteiger partial charge is 0.480 e. The molecule has 4 nitrogen and oxygen atoms in total. The van der Waals surface area contributed by atoms with Crippen LogP contribution in [0.4, 0.5) is 0 Å². The normalized spacial score (nSPS) is 23.6. The Morgan fingerprint density at radius 2 is 1.95 bits per heavy atom. The quantitative estimate of drug-likeness (QED) is 0.733. The van der Waals surface area contributed by atoms with E-state index in [1.54, 1.807) is 0 Å². The number of amides is 1. The van der Waals surface area contributed by atoms with Crippen LogP contribution in [0.25, 0.3) is 0 Å². The van der Waals surface area contributed by atoms with E-state index in [2.05, 4.69) is 24.0 Å². The molecule has 2 atom stereocenters. The predicted octanol–water partition coefficient (Wildman–Crippen LogP) is 2.46. The number of aliphatic carboxylic acids is 1. The summed E-state index contributed by atoms with van der Waals surface area (Å²) in [6.45, 7) is 0. The SMILES string of the molecule is O=C1NC(C(=O)O)Cc2ccccc2CCCCCC1CS. The second kappa shape index (κ2) is 8.22. The van der Waals surface area contributed by atoms with E-state index in [0.29, 0.717) is 12.2 Å². The Morgan fingerprint density at radius 1 is 1.23 bits per heavy atom. The molecule has 1 aliphatic heterocycles. The first-order valence-corrected chi connectivity index (χ1v) is 8.46. The van der Waals surface area contributed by atoms with Crippen molar-refractivity contribution in [2.45, 2.75) is 44.6 Å². The molecule has 0 saturated carbocycles. The van der Waals surface area contributed by atoms with Crippen LogP contribution in [-0.2, 0) is 22.4 Å². The molecule has 1 heterocycles. The molecule has 0 radical (unpaired) electrons. The van der Waals surface area contributed by atoms with Gasteiger partial charge >= 0.3 is 5.97 Å². The first-order valence-electron chi connectivity index (χ1n) is 7.82. The molecular weight excluding hydrogens is 298 g/mol. The molecular formula is C17H23NO3S. The monoisotopic (exact) mass is 321 g/mol. The van der Waals surface area contributed by atoms with E-state index in [1.807, 2.05) is 18.2 Å². The first-order chi connectivity index (χ1) is 10.6. The molecule has 1 aromatic carbocycles. The molecule has 0 spiro atoms. The van der Waals surface area contributed by atoms with Gasteiger partial charge in [0.1, 0.15) is 6.04 Å². The second-order valence-corrected chi connectivity index (χ2v) is 6.22. The van der Waals surface area contributed by atoms with E-state index in [1.165, 1.54) is 5.56 Å². The number of thiol groups is 1. The third-order valence-electron chi connectivity index (χ3n) is 4.25. The number of carboxylic acids is 1. The van der Waals surface area contributed by atoms with E-state index in [0.717, 1.165) is 37.7 Å². The minimum atomic E-state index is -0.988. The second-order valence-electron chi connectivity index (χ2n) is 5.85. The van der Waals surface area contributed by atoms with Crippen LogP contribution in [0.15, 0.2) is 24.3 Å². The van der Waals surface area contributed by atoms with Gasteiger partial charge in [0.25, 0.3) is 0 Å². The maximum atomic E-state index is 12.3. The van der Waals surface area contributed by atoms with Gasteiger partial charge in [-0.3, -0.25) is 4.79 Å². The summed E-state index contributed by atoms with van der Waals surface area (Å²) in [6.07, 6.45) is 5.17. The highest BCUT2D eigenvalue weighted by molar-refractivity contribution is 7.80. The molecule has 0 fully saturated rings. The smallest absolute Gasteiger partial charge is 0.326 e. The zero-order chi connectivity index (χ0) is 15.9. The molecule has 1 amide bonds. The summed E-state index contributed by atoms with van der Waals surface area (Å²) in [5, 5.41) is 12.1. The number of benzene rings is 1. The lowest BCUT2D eigenvalue weighted by Gasteiger charge is -2.21. The van der Waals surface area contributed by atoms with Gasteiger partial charge in [-0.2, -0.15) is 12.6 Å². The highest BCUT2D eigenvalue weighted by atomic mass is 32.1. The molecule has 1 aliphatic rings. The average molecular weight is 321 g/mol. The molecule has 2 unspecified atom stereocenters. The van der Waals surface area contributed by atoms with Crippen LogP contribution in [0.2, 0.25) is 0 Å². The standard InChI is InChI=1S/C17H23NO3S/c19-16-14(11-22)9-3-1-2-6-12-7-4-5-8-13(12)10-15(18-16)17(20)21/h4-5,7-8,14-15,22H,1-3,6,9-11H2,(H,18,19)(H,20,21). The molecule has 1 aromatic rings. The first kappa shape index (κ1) is 16.9. The molecule has 0 bridgehead atoms. The maximum absolute atomic E-state index is 12.3. The molecule has 0 saturated heterocycles. The highest BCUT2D eigenvalue weighted by Gasteiger charge is 2.25. The fourth-order valence-corrected chi connectivity index (χ4v) is 3.25. The fourth-order valence-electron chi connectivity index (χ4n) is 2.90. The van der Waals surface area contributed by atoms with E-state index in [-0.39, 0.29) is 11.8 Å². The number of rotatable bonds is 2. The summed E-state index contributed by atoms with van der Waals surface area (Å²) in [6, 6.07) is 7.03. The predicted molar refractivity (Wildman–Crippen MR) is 89.2 cm³/mol. The number of hydrogen-bond acceptors (Lipinski definition) is 3. The van der Waals surface area contributed by atoms with Crippen molar-refractivity contribution >= 4 is 24.5 Å². The van der Waals surface area contributed by atoms with Crippen LogP contribution in [0.3, 0.4) is 0 Å². The number of nitrogens with one attached hydrogen (secondary N) is 1. The summed E-state index contributed by atoms with van der Waals surface area (Å²) < 4.78 is 0. The Kier molecular flexibility index (Phi) is 6.31. The van der Waals surface area contributed by atoms with Crippen LogP contribution in [0.5, 0.6) is 0 Å². The van der Waals surface area contributed by atoms with Crippen molar-refractivity contribution in [3.8, 4) is 0 Å². The Balaban J connectivity index is 2.24.